The van der Waals surface area contributed by atoms with Crippen LogP contribution in [-0.2, 0) is 25.9 Å². The summed E-state index contributed by atoms with van der Waals surface area (Å²) < 4.78 is 3.23. The largest absolute Gasteiger partial charge is 0.337 e. The Hall–Kier alpha value is -2.51. The van der Waals surface area contributed by atoms with Crippen LogP contribution in [0.15, 0.2) is 36.9 Å². The Labute approximate surface area is 187 Å². The number of likely N-dealkylation sites (tertiary alicyclic amines) is 1. The molecule has 1 aliphatic heterocycles. The summed E-state index contributed by atoms with van der Waals surface area (Å²) in [5, 5.41) is 5.90. The molecule has 1 saturated heterocycles. The van der Waals surface area contributed by atoms with E-state index in [4.69, 9.17) is 10.1 Å². The van der Waals surface area contributed by atoms with E-state index in [1.165, 1.54) is 10.4 Å². The van der Waals surface area contributed by atoms with E-state index in [1.54, 1.807) is 11.3 Å². The number of amides is 1. The van der Waals surface area contributed by atoms with Crippen LogP contribution in [0, 0.1) is 0 Å². The molecular weight excluding hydrogens is 406 g/mol. The van der Waals surface area contributed by atoms with Gasteiger partial charge in [-0.25, -0.2) is 4.98 Å². The second-order valence-corrected chi connectivity index (χ2v) is 9.75. The topological polar surface area (TPSA) is 54.3 Å². The van der Waals surface area contributed by atoms with Crippen LogP contribution >= 0.6 is 11.3 Å². The molecule has 0 N–H and O–H groups in total. The Morgan fingerprint density at radius 2 is 2.13 bits per heavy atom. The van der Waals surface area contributed by atoms with E-state index < -0.39 is 0 Å². The molecule has 1 fully saturated rings. The van der Waals surface area contributed by atoms with Crippen LogP contribution in [0.1, 0.15) is 46.0 Å². The molecule has 0 radical (unpaired) electrons. The van der Waals surface area contributed by atoms with Crippen molar-refractivity contribution in [2.45, 2.75) is 51.2 Å². The minimum absolute atomic E-state index is 0.103. The molecule has 2 aromatic heterocycles. The summed E-state index contributed by atoms with van der Waals surface area (Å²) in [5.74, 6) is 0.103. The first-order chi connectivity index (χ1) is 15.1. The fraction of sp³-hybridized carbons (Fsp3) is 0.458. The highest BCUT2D eigenvalue weighted by atomic mass is 32.1. The first kappa shape index (κ1) is 20.4. The minimum atomic E-state index is 0.103. The van der Waals surface area contributed by atoms with Crippen molar-refractivity contribution in [3.63, 3.8) is 0 Å². The van der Waals surface area contributed by atoms with E-state index in [2.05, 4.69) is 36.7 Å². The molecule has 6 nitrogen and oxygen atoms in total. The standard InChI is InChI=1S/C24H29N5OS/c1-3-12-29-20-11-10-17(15-18(20)23(26-29)24(30)28-13-6-7-14-28)27(2)16-22-25-19-8-4-5-9-21(19)31-22/h3-5,8-9,17H,1,6-7,10-16H2,2H3/t17-/m0/s1. The number of hydrogen-bond acceptors (Lipinski definition) is 5. The zero-order valence-corrected chi connectivity index (χ0v) is 18.9. The molecule has 1 aromatic carbocycles. The lowest BCUT2D eigenvalue weighted by molar-refractivity contribution is 0.0784. The highest BCUT2D eigenvalue weighted by molar-refractivity contribution is 7.18. The molecule has 0 spiro atoms. The minimum Gasteiger partial charge on any atom is -0.337 e. The van der Waals surface area contributed by atoms with Crippen LogP contribution in [0.3, 0.4) is 0 Å². The molecule has 1 atom stereocenters. The summed E-state index contributed by atoms with van der Waals surface area (Å²) in [4.78, 5) is 22.4. The normalized spacial score (nSPS) is 18.6. The van der Waals surface area contributed by atoms with Gasteiger partial charge in [0.25, 0.3) is 5.91 Å². The predicted octanol–water partition coefficient (Wildman–Crippen LogP) is 3.90. The first-order valence-corrected chi connectivity index (χ1v) is 12.0. The van der Waals surface area contributed by atoms with Gasteiger partial charge in [-0.3, -0.25) is 14.4 Å². The number of para-hydroxylation sites is 1. The number of rotatable bonds is 6. The van der Waals surface area contributed by atoms with Crippen LogP contribution in [0.5, 0.6) is 0 Å². The lowest BCUT2D eigenvalue weighted by atomic mass is 9.90. The quantitative estimate of drug-likeness (QED) is 0.551. The van der Waals surface area contributed by atoms with Gasteiger partial charge in [0.05, 0.1) is 23.3 Å². The molecule has 0 saturated carbocycles. The molecule has 7 heteroatoms. The van der Waals surface area contributed by atoms with E-state index in [0.29, 0.717) is 18.3 Å². The number of nitrogens with zero attached hydrogens (tertiary/aromatic N) is 5. The van der Waals surface area contributed by atoms with Crippen LogP contribution < -0.4 is 0 Å². The number of allylic oxidation sites excluding steroid dienone is 1. The molecule has 5 rings (SSSR count). The van der Waals surface area contributed by atoms with Gasteiger partial charge in [0.1, 0.15) is 5.01 Å². The van der Waals surface area contributed by atoms with Gasteiger partial charge < -0.3 is 4.90 Å². The van der Waals surface area contributed by atoms with Crippen LogP contribution in [0.4, 0.5) is 0 Å². The number of fused-ring (bicyclic) bond motifs is 2. The summed E-state index contributed by atoms with van der Waals surface area (Å²) in [6.45, 7) is 7.06. The van der Waals surface area contributed by atoms with Gasteiger partial charge in [0, 0.05) is 30.4 Å². The van der Waals surface area contributed by atoms with Gasteiger partial charge in [-0.15, -0.1) is 17.9 Å². The van der Waals surface area contributed by atoms with Crippen molar-refractivity contribution in [2.75, 3.05) is 20.1 Å². The van der Waals surface area contributed by atoms with Crippen molar-refractivity contribution < 1.29 is 4.79 Å². The average Bonchev–Trinajstić information content (AvgIpc) is 3.52. The number of thiazole rings is 1. The molecule has 3 heterocycles. The van der Waals surface area contributed by atoms with Gasteiger partial charge in [-0.1, -0.05) is 18.2 Å². The summed E-state index contributed by atoms with van der Waals surface area (Å²) in [6, 6.07) is 8.69. The zero-order chi connectivity index (χ0) is 21.4. The third-order valence-electron chi connectivity index (χ3n) is 6.56. The Balaban J connectivity index is 1.37. The maximum absolute atomic E-state index is 13.2. The van der Waals surface area contributed by atoms with Gasteiger partial charge in [-0.05, 0) is 51.3 Å². The van der Waals surface area contributed by atoms with E-state index in [1.807, 2.05) is 21.7 Å². The van der Waals surface area contributed by atoms with Gasteiger partial charge in [-0.2, -0.15) is 5.10 Å². The highest BCUT2D eigenvalue weighted by Gasteiger charge is 2.33. The Kier molecular flexibility index (Phi) is 5.63. The van der Waals surface area contributed by atoms with Crippen molar-refractivity contribution in [3.05, 3.63) is 58.9 Å². The molecule has 1 amide bonds. The molecule has 1 aliphatic carbocycles. The molecule has 31 heavy (non-hydrogen) atoms. The van der Waals surface area contributed by atoms with Crippen molar-refractivity contribution in [1.82, 2.24) is 24.6 Å². The number of carbonyl (C=O) groups is 1. The summed E-state index contributed by atoms with van der Waals surface area (Å²) in [7, 11) is 2.18. The monoisotopic (exact) mass is 435 g/mol. The van der Waals surface area contributed by atoms with E-state index in [9.17, 15) is 4.79 Å². The SMILES string of the molecule is C=CCn1nc(C(=O)N2CCCC2)c2c1CC[C@H](N(C)Cc1nc3ccccc3s1)C2. The second-order valence-electron chi connectivity index (χ2n) is 8.63. The Morgan fingerprint density at radius 1 is 1.32 bits per heavy atom. The van der Waals surface area contributed by atoms with Crippen molar-refractivity contribution in [2.24, 2.45) is 0 Å². The number of benzene rings is 1. The Morgan fingerprint density at radius 3 is 2.90 bits per heavy atom. The lowest BCUT2D eigenvalue weighted by Gasteiger charge is -2.31. The van der Waals surface area contributed by atoms with Gasteiger partial charge in [0.2, 0.25) is 0 Å². The maximum Gasteiger partial charge on any atom is 0.274 e. The fourth-order valence-corrected chi connectivity index (χ4v) is 5.92. The van der Waals surface area contributed by atoms with Crippen LogP contribution in [-0.4, -0.2) is 56.7 Å². The third-order valence-corrected chi connectivity index (χ3v) is 7.59. The van der Waals surface area contributed by atoms with Crippen molar-refractivity contribution >= 4 is 27.5 Å². The van der Waals surface area contributed by atoms with Crippen molar-refractivity contribution in [3.8, 4) is 0 Å². The number of carbonyl (C=O) groups excluding carboxylic acids is 1. The van der Waals surface area contributed by atoms with Crippen molar-refractivity contribution in [1.29, 1.82) is 0 Å². The van der Waals surface area contributed by atoms with E-state index in [-0.39, 0.29) is 5.91 Å². The number of hydrogen-bond donors (Lipinski definition) is 0. The third kappa shape index (κ3) is 3.92. The van der Waals surface area contributed by atoms with Gasteiger partial charge in [0.15, 0.2) is 5.69 Å². The molecular formula is C24H29N5OS. The molecule has 2 aliphatic rings. The summed E-state index contributed by atoms with van der Waals surface area (Å²) in [5.41, 5.74) is 4.10. The smallest absolute Gasteiger partial charge is 0.274 e. The molecule has 0 bridgehead atoms. The number of likely N-dealkylation sites (N-methyl/N-ethyl adjacent to an activating group) is 1. The van der Waals surface area contributed by atoms with Crippen LogP contribution in [0.2, 0.25) is 0 Å². The second kappa shape index (κ2) is 8.55. The zero-order valence-electron chi connectivity index (χ0n) is 18.1. The maximum atomic E-state index is 13.2. The van der Waals surface area contributed by atoms with Gasteiger partial charge >= 0.3 is 0 Å². The summed E-state index contributed by atoms with van der Waals surface area (Å²) in [6.07, 6.45) is 6.92. The summed E-state index contributed by atoms with van der Waals surface area (Å²) >= 11 is 1.77. The molecule has 3 aromatic rings. The van der Waals surface area contributed by atoms with Crippen LogP contribution in [0.25, 0.3) is 10.2 Å². The first-order valence-electron chi connectivity index (χ1n) is 11.2. The van der Waals surface area contributed by atoms with E-state index in [0.717, 1.165) is 67.8 Å². The Bertz CT molecular complexity index is 1080. The van der Waals surface area contributed by atoms with E-state index >= 15 is 0 Å². The number of aromatic nitrogens is 3. The predicted molar refractivity (Wildman–Crippen MR) is 124 cm³/mol. The average molecular weight is 436 g/mol. The molecule has 0 unspecified atom stereocenters. The molecule has 162 valence electrons. The highest BCUT2D eigenvalue weighted by Crippen LogP contribution is 2.30. The fourth-order valence-electron chi connectivity index (χ4n) is 4.89. The lowest BCUT2D eigenvalue weighted by Crippen LogP contribution is -2.37.